The molecule has 0 aliphatic heterocycles. The normalized spacial score (nSPS) is 7.57. The summed E-state index contributed by atoms with van der Waals surface area (Å²) >= 11 is 0. The van der Waals surface area contributed by atoms with Gasteiger partial charge >= 0.3 is 0 Å². The minimum atomic E-state index is 0. The van der Waals surface area contributed by atoms with E-state index in [1.54, 1.807) is 12.2 Å². The second kappa shape index (κ2) is 9.41. The van der Waals surface area contributed by atoms with Crippen LogP contribution in [-0.4, -0.2) is 0 Å². The fraction of sp³-hybridized carbons (Fsp3) is 0. The Kier molecular flexibility index (Phi) is 13.6. The van der Waals surface area contributed by atoms with Crippen LogP contribution in [0.25, 0.3) is 0 Å². The van der Waals surface area contributed by atoms with Gasteiger partial charge in [0.1, 0.15) is 0 Å². The quantitative estimate of drug-likeness (QED) is 0.385. The van der Waals surface area contributed by atoms with E-state index in [2.05, 4.69) is 0 Å². The molecule has 0 aromatic rings. The van der Waals surface area contributed by atoms with Crippen LogP contribution in [0.4, 0.5) is 0 Å². The monoisotopic (exact) mass is 188 g/mol. The summed E-state index contributed by atoms with van der Waals surface area (Å²) in [6.07, 6.45) is 4.73. The van der Waals surface area contributed by atoms with E-state index in [-0.39, 0.29) is 22.4 Å². The van der Waals surface area contributed by atoms with Gasteiger partial charge in [-0.3, -0.25) is 6.58 Å². The predicted molar refractivity (Wildman–Crippen MR) is 26.5 cm³/mol. The molecular formula is C5H7AgN-2. The molecular weight excluding hydrogens is 182 g/mol. The zero-order valence-electron chi connectivity index (χ0n) is 3.77. The third-order valence-corrected chi connectivity index (χ3v) is 0.333. The SMILES string of the molecule is [Ag].[CH-]=C/C=C\[CH-]N. The molecule has 0 unspecified atom stereocenters. The van der Waals surface area contributed by atoms with Crippen molar-refractivity contribution in [2.24, 2.45) is 5.73 Å². The molecule has 0 aromatic carbocycles. The van der Waals surface area contributed by atoms with Crippen LogP contribution in [0.15, 0.2) is 18.2 Å². The number of nitrogens with two attached hydrogens (primary N) is 1. The Hall–Kier alpha value is 0.0503. The second-order valence-corrected chi connectivity index (χ2v) is 0.770. The summed E-state index contributed by atoms with van der Waals surface area (Å²) in [6, 6.07) is 0. The Bertz CT molecular complexity index is 59.1. The molecule has 1 radical (unpaired) electrons. The van der Waals surface area contributed by atoms with Crippen molar-refractivity contribution < 1.29 is 22.4 Å². The Morgan fingerprint density at radius 3 is 2.29 bits per heavy atom. The maximum atomic E-state index is 4.93. The van der Waals surface area contributed by atoms with Gasteiger partial charge in [-0.2, -0.15) is 6.54 Å². The van der Waals surface area contributed by atoms with Crippen LogP contribution in [0.2, 0.25) is 0 Å². The molecule has 0 bridgehead atoms. The fourth-order valence-corrected chi connectivity index (χ4v) is 0.128. The molecule has 2 heteroatoms. The van der Waals surface area contributed by atoms with Crippen molar-refractivity contribution in [1.29, 1.82) is 0 Å². The van der Waals surface area contributed by atoms with Crippen molar-refractivity contribution in [2.75, 3.05) is 0 Å². The zero-order valence-corrected chi connectivity index (χ0v) is 5.25. The summed E-state index contributed by atoms with van der Waals surface area (Å²) in [5, 5.41) is 0. The Morgan fingerprint density at radius 2 is 2.14 bits per heavy atom. The summed E-state index contributed by atoms with van der Waals surface area (Å²) in [7, 11) is 0. The Morgan fingerprint density at radius 1 is 1.57 bits per heavy atom. The molecule has 0 saturated heterocycles. The minimum Gasteiger partial charge on any atom is -0.387 e. The molecule has 1 nitrogen and oxygen atoms in total. The minimum absolute atomic E-state index is 0. The second-order valence-electron chi connectivity index (χ2n) is 0.770. The molecule has 0 spiro atoms. The average Bonchev–Trinajstić information content (AvgIpc) is 1.61. The Labute approximate surface area is 59.8 Å². The first kappa shape index (κ1) is 10.1. The summed E-state index contributed by atoms with van der Waals surface area (Å²) in [5.41, 5.74) is 4.93. The van der Waals surface area contributed by atoms with Gasteiger partial charge in [-0.15, -0.1) is 0 Å². The molecule has 0 heterocycles. The summed E-state index contributed by atoms with van der Waals surface area (Å²) in [4.78, 5) is 0. The molecule has 45 valence electrons. The van der Waals surface area contributed by atoms with E-state index in [1.165, 1.54) is 12.6 Å². The third kappa shape index (κ3) is 10.7. The number of rotatable bonds is 2. The fourth-order valence-electron chi connectivity index (χ4n) is 0.128. The molecule has 0 saturated carbocycles. The van der Waals surface area contributed by atoms with Gasteiger partial charge in [0.2, 0.25) is 0 Å². The van der Waals surface area contributed by atoms with Gasteiger partial charge in [0.05, 0.1) is 0 Å². The molecule has 0 aromatic heterocycles. The first-order valence-electron chi connectivity index (χ1n) is 1.67. The average molecular weight is 189 g/mol. The molecule has 0 rings (SSSR count). The van der Waals surface area contributed by atoms with E-state index in [4.69, 9.17) is 12.3 Å². The molecule has 7 heavy (non-hydrogen) atoms. The van der Waals surface area contributed by atoms with Crippen molar-refractivity contribution >= 4 is 0 Å². The van der Waals surface area contributed by atoms with E-state index in [9.17, 15) is 0 Å². The summed E-state index contributed by atoms with van der Waals surface area (Å²) in [6.45, 7) is 6.35. The number of hydrogen-bond donors (Lipinski definition) is 1. The van der Waals surface area contributed by atoms with Gasteiger partial charge in [0.25, 0.3) is 0 Å². The molecule has 0 aliphatic rings. The van der Waals surface area contributed by atoms with Crippen molar-refractivity contribution in [1.82, 2.24) is 0 Å². The van der Waals surface area contributed by atoms with Crippen molar-refractivity contribution in [3.8, 4) is 0 Å². The van der Waals surface area contributed by atoms with E-state index in [1.807, 2.05) is 0 Å². The van der Waals surface area contributed by atoms with Gasteiger partial charge in [-0.25, -0.2) is 18.2 Å². The van der Waals surface area contributed by atoms with Gasteiger partial charge in [-0.05, 0) is 0 Å². The zero-order chi connectivity index (χ0) is 4.83. The summed E-state index contributed by atoms with van der Waals surface area (Å²) < 4.78 is 0. The third-order valence-electron chi connectivity index (χ3n) is 0.333. The predicted octanol–water partition coefficient (Wildman–Crippen LogP) is 0.650. The number of hydrogen-bond acceptors (Lipinski definition) is 1. The van der Waals surface area contributed by atoms with Crippen LogP contribution in [0.3, 0.4) is 0 Å². The Balaban J connectivity index is 0. The standard InChI is InChI=1S/C5H7N.Ag/c1-2-3-4-5-6;/h1-5H,6H2;/q-2;/b4-3-;. The van der Waals surface area contributed by atoms with Crippen LogP contribution in [-0.2, 0) is 22.4 Å². The molecule has 2 N–H and O–H groups in total. The van der Waals surface area contributed by atoms with Crippen molar-refractivity contribution in [2.45, 2.75) is 0 Å². The smallest absolute Gasteiger partial charge is 0 e. The van der Waals surface area contributed by atoms with E-state index in [0.717, 1.165) is 0 Å². The van der Waals surface area contributed by atoms with Gasteiger partial charge in [-0.1, -0.05) is 0 Å². The molecule has 0 aliphatic carbocycles. The molecule has 0 amide bonds. The summed E-state index contributed by atoms with van der Waals surface area (Å²) in [5.74, 6) is 0. The van der Waals surface area contributed by atoms with E-state index in [0.29, 0.717) is 0 Å². The van der Waals surface area contributed by atoms with Gasteiger partial charge in [0.15, 0.2) is 0 Å². The largest absolute Gasteiger partial charge is 0.387 e. The first-order chi connectivity index (χ1) is 2.91. The van der Waals surface area contributed by atoms with Crippen LogP contribution < -0.4 is 5.73 Å². The topological polar surface area (TPSA) is 26.0 Å². The van der Waals surface area contributed by atoms with Crippen LogP contribution in [0, 0.1) is 13.1 Å². The van der Waals surface area contributed by atoms with Crippen LogP contribution in [0.5, 0.6) is 0 Å². The van der Waals surface area contributed by atoms with E-state index < -0.39 is 0 Å². The maximum absolute atomic E-state index is 4.93. The van der Waals surface area contributed by atoms with E-state index >= 15 is 0 Å². The first-order valence-corrected chi connectivity index (χ1v) is 1.67. The van der Waals surface area contributed by atoms with Gasteiger partial charge in [0, 0.05) is 22.4 Å². The maximum Gasteiger partial charge on any atom is 0 e. The van der Waals surface area contributed by atoms with Gasteiger partial charge < -0.3 is 5.73 Å². The number of allylic oxidation sites excluding steroid dienone is 2. The molecule has 0 atom stereocenters. The van der Waals surface area contributed by atoms with Crippen molar-refractivity contribution in [3.05, 3.63) is 31.4 Å². The van der Waals surface area contributed by atoms with Crippen molar-refractivity contribution in [3.63, 3.8) is 0 Å². The van der Waals surface area contributed by atoms with Crippen LogP contribution >= 0.6 is 0 Å². The van der Waals surface area contributed by atoms with Crippen LogP contribution in [0.1, 0.15) is 0 Å². The molecule has 0 fully saturated rings.